The highest BCUT2D eigenvalue weighted by Gasteiger charge is 2.30. The van der Waals surface area contributed by atoms with E-state index in [9.17, 15) is 4.79 Å². The third kappa shape index (κ3) is 4.75. The van der Waals surface area contributed by atoms with Gasteiger partial charge in [-0.15, -0.1) is 0 Å². The highest BCUT2D eigenvalue weighted by Crippen LogP contribution is 2.20. The molecule has 2 fully saturated rings. The van der Waals surface area contributed by atoms with Crippen molar-refractivity contribution >= 4 is 5.91 Å². The summed E-state index contributed by atoms with van der Waals surface area (Å²) in [6.45, 7) is 3.32. The molecule has 126 valence electrons. The molecule has 1 amide bonds. The zero-order valence-corrected chi connectivity index (χ0v) is 13.7. The van der Waals surface area contributed by atoms with Crippen LogP contribution in [0.15, 0.2) is 24.4 Å². The summed E-state index contributed by atoms with van der Waals surface area (Å²) in [4.78, 5) is 19.1. The minimum Gasteiger partial charge on any atom is -0.378 e. The van der Waals surface area contributed by atoms with Gasteiger partial charge in [-0.25, -0.2) is 0 Å². The predicted octanol–water partition coefficient (Wildman–Crippen LogP) is 2.12. The topological polar surface area (TPSA) is 54.5 Å². The Labute approximate surface area is 138 Å². The fourth-order valence-electron chi connectivity index (χ4n) is 3.52. The van der Waals surface area contributed by atoms with Gasteiger partial charge in [-0.3, -0.25) is 14.7 Å². The molecule has 2 aliphatic heterocycles. The molecule has 2 saturated heterocycles. The van der Waals surface area contributed by atoms with E-state index in [1.807, 2.05) is 24.4 Å². The molecule has 5 nitrogen and oxygen atoms in total. The fraction of sp³-hybridized carbons (Fsp3) is 0.667. The molecule has 5 heteroatoms. The van der Waals surface area contributed by atoms with Gasteiger partial charge in [0.05, 0.1) is 17.8 Å². The summed E-state index contributed by atoms with van der Waals surface area (Å²) in [6.07, 6.45) is 8.65. The Bertz CT molecular complexity index is 488. The fourth-order valence-corrected chi connectivity index (χ4v) is 3.52. The number of likely N-dealkylation sites (tertiary alicyclic amines) is 1. The van der Waals surface area contributed by atoms with E-state index >= 15 is 0 Å². The number of hydrogen-bond acceptors (Lipinski definition) is 4. The highest BCUT2D eigenvalue weighted by atomic mass is 16.5. The molecule has 0 saturated carbocycles. The van der Waals surface area contributed by atoms with Gasteiger partial charge in [-0.2, -0.15) is 0 Å². The second kappa shape index (κ2) is 8.41. The molecule has 0 bridgehead atoms. The lowest BCUT2D eigenvalue weighted by atomic mass is 10.1. The first-order valence-electron chi connectivity index (χ1n) is 8.86. The number of pyridine rings is 1. The quantitative estimate of drug-likeness (QED) is 0.873. The molecule has 2 aliphatic rings. The smallest absolute Gasteiger partial charge is 0.237 e. The summed E-state index contributed by atoms with van der Waals surface area (Å²) in [5.74, 6) is 0.161. The third-order valence-electron chi connectivity index (χ3n) is 4.80. The molecule has 1 N–H and O–H groups in total. The zero-order chi connectivity index (χ0) is 15.9. The van der Waals surface area contributed by atoms with Crippen molar-refractivity contribution < 1.29 is 9.53 Å². The lowest BCUT2D eigenvalue weighted by Crippen LogP contribution is -2.43. The molecular weight excluding hydrogens is 290 g/mol. The SMILES string of the molecule is O=C(NCCC1CCCCO1)C1CCCN1Cc1ccccn1. The number of hydrogen-bond donors (Lipinski definition) is 1. The van der Waals surface area contributed by atoms with Gasteiger partial charge in [-0.1, -0.05) is 6.07 Å². The molecule has 0 radical (unpaired) electrons. The molecule has 1 aromatic heterocycles. The summed E-state index contributed by atoms with van der Waals surface area (Å²) in [7, 11) is 0. The third-order valence-corrected chi connectivity index (χ3v) is 4.80. The van der Waals surface area contributed by atoms with E-state index in [0.29, 0.717) is 6.10 Å². The lowest BCUT2D eigenvalue weighted by molar-refractivity contribution is -0.125. The second-order valence-electron chi connectivity index (χ2n) is 6.52. The first-order valence-corrected chi connectivity index (χ1v) is 8.86. The Kier molecular flexibility index (Phi) is 6.00. The number of nitrogens with one attached hydrogen (secondary N) is 1. The number of rotatable bonds is 6. The predicted molar refractivity (Wildman–Crippen MR) is 88.9 cm³/mol. The average Bonchev–Trinajstić information content (AvgIpc) is 3.05. The minimum atomic E-state index is -0.00993. The number of carbonyl (C=O) groups excluding carboxylic acids is 1. The van der Waals surface area contributed by atoms with Gasteiger partial charge in [-0.05, 0) is 57.2 Å². The molecule has 2 atom stereocenters. The molecule has 2 unspecified atom stereocenters. The molecule has 23 heavy (non-hydrogen) atoms. The van der Waals surface area contributed by atoms with E-state index in [4.69, 9.17) is 4.74 Å². The first kappa shape index (κ1) is 16.4. The number of aromatic nitrogens is 1. The summed E-state index contributed by atoms with van der Waals surface area (Å²) in [6, 6.07) is 5.93. The first-order chi connectivity index (χ1) is 11.3. The number of nitrogens with zero attached hydrogens (tertiary/aromatic N) is 2. The van der Waals surface area contributed by atoms with Gasteiger partial charge in [0, 0.05) is 25.9 Å². The van der Waals surface area contributed by atoms with Gasteiger partial charge in [0.2, 0.25) is 5.91 Å². The van der Waals surface area contributed by atoms with Crippen molar-refractivity contribution in [3.63, 3.8) is 0 Å². The van der Waals surface area contributed by atoms with E-state index in [2.05, 4.69) is 15.2 Å². The minimum absolute atomic E-state index is 0.00993. The number of carbonyl (C=O) groups is 1. The van der Waals surface area contributed by atoms with Crippen LogP contribution < -0.4 is 5.32 Å². The number of amides is 1. The zero-order valence-electron chi connectivity index (χ0n) is 13.7. The normalized spacial score (nSPS) is 25.4. The Hall–Kier alpha value is -1.46. The van der Waals surface area contributed by atoms with Crippen molar-refractivity contribution in [1.29, 1.82) is 0 Å². The van der Waals surface area contributed by atoms with Crippen LogP contribution in [0.1, 0.15) is 44.2 Å². The number of ether oxygens (including phenoxy) is 1. The Balaban J connectivity index is 1.44. The summed E-state index contributed by atoms with van der Waals surface area (Å²) < 4.78 is 5.72. The Morgan fingerprint density at radius 3 is 3.04 bits per heavy atom. The van der Waals surface area contributed by atoms with Crippen LogP contribution in [0.25, 0.3) is 0 Å². The van der Waals surface area contributed by atoms with Crippen LogP contribution in [0.5, 0.6) is 0 Å². The van der Waals surface area contributed by atoms with Crippen LogP contribution in [0.4, 0.5) is 0 Å². The van der Waals surface area contributed by atoms with E-state index < -0.39 is 0 Å². The van der Waals surface area contributed by atoms with Crippen molar-refractivity contribution in [2.75, 3.05) is 19.7 Å². The molecular formula is C18H27N3O2. The van der Waals surface area contributed by atoms with Crippen LogP contribution in [0, 0.1) is 0 Å². The molecule has 0 spiro atoms. The van der Waals surface area contributed by atoms with Crippen LogP contribution >= 0.6 is 0 Å². The Morgan fingerprint density at radius 2 is 2.26 bits per heavy atom. The van der Waals surface area contributed by atoms with Gasteiger partial charge in [0.1, 0.15) is 0 Å². The average molecular weight is 317 g/mol. The van der Waals surface area contributed by atoms with Crippen molar-refractivity contribution in [3.8, 4) is 0 Å². The Morgan fingerprint density at radius 1 is 1.30 bits per heavy atom. The van der Waals surface area contributed by atoms with E-state index in [-0.39, 0.29) is 11.9 Å². The second-order valence-corrected chi connectivity index (χ2v) is 6.52. The van der Waals surface area contributed by atoms with E-state index in [1.165, 1.54) is 12.8 Å². The molecule has 1 aromatic rings. The van der Waals surface area contributed by atoms with Gasteiger partial charge < -0.3 is 10.1 Å². The molecule has 0 aliphatic carbocycles. The standard InChI is InChI=1S/C18H27N3O2/c22-18(20-11-9-16-7-2-4-13-23-16)17-8-5-12-21(17)14-15-6-1-3-10-19-15/h1,3,6,10,16-17H,2,4-5,7-9,11-14H2,(H,20,22). The lowest BCUT2D eigenvalue weighted by Gasteiger charge is -2.25. The van der Waals surface area contributed by atoms with E-state index in [1.54, 1.807) is 0 Å². The van der Waals surface area contributed by atoms with Gasteiger partial charge in [0.25, 0.3) is 0 Å². The highest BCUT2D eigenvalue weighted by molar-refractivity contribution is 5.82. The maximum absolute atomic E-state index is 12.5. The monoisotopic (exact) mass is 317 g/mol. The van der Waals surface area contributed by atoms with Gasteiger partial charge >= 0.3 is 0 Å². The van der Waals surface area contributed by atoms with Crippen molar-refractivity contribution in [2.45, 2.75) is 57.2 Å². The van der Waals surface area contributed by atoms with E-state index in [0.717, 1.165) is 57.6 Å². The van der Waals surface area contributed by atoms with Gasteiger partial charge in [0.15, 0.2) is 0 Å². The molecule has 3 rings (SSSR count). The summed E-state index contributed by atoms with van der Waals surface area (Å²) >= 11 is 0. The van der Waals surface area contributed by atoms with Crippen LogP contribution in [0.3, 0.4) is 0 Å². The maximum Gasteiger partial charge on any atom is 0.237 e. The molecule has 0 aromatic carbocycles. The summed E-state index contributed by atoms with van der Waals surface area (Å²) in [5, 5.41) is 3.11. The maximum atomic E-state index is 12.5. The van der Waals surface area contributed by atoms with Crippen LogP contribution in [-0.4, -0.2) is 47.6 Å². The van der Waals surface area contributed by atoms with Crippen molar-refractivity contribution in [1.82, 2.24) is 15.2 Å². The van der Waals surface area contributed by atoms with Crippen LogP contribution in [0.2, 0.25) is 0 Å². The molecule has 3 heterocycles. The van der Waals surface area contributed by atoms with Crippen molar-refractivity contribution in [3.05, 3.63) is 30.1 Å². The van der Waals surface area contributed by atoms with Crippen LogP contribution in [-0.2, 0) is 16.1 Å². The largest absolute Gasteiger partial charge is 0.378 e. The van der Waals surface area contributed by atoms with Crippen molar-refractivity contribution in [2.24, 2.45) is 0 Å². The summed E-state index contributed by atoms with van der Waals surface area (Å²) in [5.41, 5.74) is 1.03.